The molecule has 2 aromatic rings. The molecule has 0 amide bonds. The maximum absolute atomic E-state index is 13.4. The summed E-state index contributed by atoms with van der Waals surface area (Å²) in [4.78, 5) is 0. The van der Waals surface area contributed by atoms with Gasteiger partial charge in [-0.3, -0.25) is 0 Å². The largest absolute Gasteiger partial charge is 0.483 e. The summed E-state index contributed by atoms with van der Waals surface area (Å²) in [5, 5.41) is 0.138. The van der Waals surface area contributed by atoms with Crippen LogP contribution >= 0.6 is 11.6 Å². The Bertz CT molecular complexity index is 658. The highest BCUT2D eigenvalue weighted by atomic mass is 35.5. The van der Waals surface area contributed by atoms with E-state index in [1.165, 1.54) is 18.2 Å². The first-order valence-corrected chi connectivity index (χ1v) is 5.89. The van der Waals surface area contributed by atoms with Crippen molar-refractivity contribution in [2.75, 3.05) is 5.73 Å². The van der Waals surface area contributed by atoms with Crippen LogP contribution in [0.2, 0.25) is 5.02 Å². The van der Waals surface area contributed by atoms with Crippen LogP contribution in [-0.2, 0) is 6.61 Å². The normalized spacial score (nSPS) is 10.8. The molecule has 0 fully saturated rings. The van der Waals surface area contributed by atoms with Crippen LogP contribution in [0.15, 0.2) is 18.2 Å². The zero-order valence-corrected chi connectivity index (χ0v) is 10.9. The Kier molecular flexibility index (Phi) is 4.22. The van der Waals surface area contributed by atoms with Gasteiger partial charge in [-0.2, -0.15) is 8.78 Å². The number of rotatable bonds is 3. The van der Waals surface area contributed by atoms with Crippen molar-refractivity contribution in [2.45, 2.75) is 6.61 Å². The Hall–Kier alpha value is -2.02. The molecule has 0 aliphatic carbocycles. The molecule has 0 heterocycles. The quantitative estimate of drug-likeness (QED) is 0.398. The number of hydrogen-bond donors (Lipinski definition) is 1. The van der Waals surface area contributed by atoms with E-state index in [1.807, 2.05) is 0 Å². The van der Waals surface area contributed by atoms with Crippen molar-refractivity contribution in [2.24, 2.45) is 0 Å². The Morgan fingerprint density at radius 2 is 1.43 bits per heavy atom. The number of nitrogens with two attached hydrogens (primary N) is 1. The summed E-state index contributed by atoms with van der Waals surface area (Å²) >= 11 is 5.81. The van der Waals surface area contributed by atoms with E-state index in [2.05, 4.69) is 4.74 Å². The van der Waals surface area contributed by atoms with Crippen molar-refractivity contribution < 1.29 is 26.7 Å². The fraction of sp³-hybridized carbons (Fsp3) is 0.0769. The first-order valence-electron chi connectivity index (χ1n) is 5.51. The molecule has 2 rings (SSSR count). The summed E-state index contributed by atoms with van der Waals surface area (Å²) in [6.07, 6.45) is 0. The van der Waals surface area contributed by atoms with E-state index < -0.39 is 41.4 Å². The van der Waals surface area contributed by atoms with Gasteiger partial charge >= 0.3 is 0 Å². The van der Waals surface area contributed by atoms with E-state index in [-0.39, 0.29) is 16.3 Å². The van der Waals surface area contributed by atoms with Gasteiger partial charge in [0, 0.05) is 16.3 Å². The molecular formula is C13H7ClF5NO. The van der Waals surface area contributed by atoms with Crippen molar-refractivity contribution in [1.29, 1.82) is 0 Å². The van der Waals surface area contributed by atoms with Crippen molar-refractivity contribution in [3.05, 3.63) is 57.9 Å². The minimum absolute atomic E-state index is 0.138. The third-order valence-corrected chi connectivity index (χ3v) is 3.04. The second kappa shape index (κ2) is 5.77. The molecule has 0 aliphatic rings. The highest BCUT2D eigenvalue weighted by Gasteiger charge is 2.27. The smallest absolute Gasteiger partial charge is 0.207 e. The van der Waals surface area contributed by atoms with Gasteiger partial charge in [0.1, 0.15) is 6.61 Å². The molecule has 0 aromatic heterocycles. The van der Waals surface area contributed by atoms with Gasteiger partial charge in [-0.1, -0.05) is 17.7 Å². The van der Waals surface area contributed by atoms with Gasteiger partial charge < -0.3 is 10.5 Å². The van der Waals surface area contributed by atoms with Crippen LogP contribution < -0.4 is 10.5 Å². The van der Waals surface area contributed by atoms with Gasteiger partial charge in [-0.05, 0) is 12.1 Å². The van der Waals surface area contributed by atoms with Gasteiger partial charge in [0.2, 0.25) is 29.1 Å². The van der Waals surface area contributed by atoms with E-state index in [0.717, 1.165) is 0 Å². The monoisotopic (exact) mass is 323 g/mol. The lowest BCUT2D eigenvalue weighted by Gasteiger charge is -2.12. The minimum Gasteiger partial charge on any atom is -0.483 e. The second-order valence-electron chi connectivity index (χ2n) is 4.00. The highest BCUT2D eigenvalue weighted by Crippen LogP contribution is 2.31. The molecule has 0 spiro atoms. The van der Waals surface area contributed by atoms with E-state index in [0.29, 0.717) is 0 Å². The molecular weight excluding hydrogens is 317 g/mol. The van der Waals surface area contributed by atoms with Crippen LogP contribution in [0.25, 0.3) is 0 Å². The summed E-state index contributed by atoms with van der Waals surface area (Å²) in [6, 6.07) is 4.41. The molecule has 0 bridgehead atoms. The first kappa shape index (κ1) is 15.4. The molecule has 8 heteroatoms. The lowest BCUT2D eigenvalue weighted by atomic mass is 10.2. The molecule has 0 saturated carbocycles. The van der Waals surface area contributed by atoms with E-state index in [1.54, 1.807) is 0 Å². The summed E-state index contributed by atoms with van der Waals surface area (Å²) in [7, 11) is 0. The van der Waals surface area contributed by atoms with Crippen LogP contribution in [0, 0.1) is 29.1 Å². The van der Waals surface area contributed by atoms with E-state index in [9.17, 15) is 22.0 Å². The number of ether oxygens (including phenoxy) is 1. The highest BCUT2D eigenvalue weighted by molar-refractivity contribution is 6.31. The maximum Gasteiger partial charge on any atom is 0.207 e. The molecule has 112 valence electrons. The third-order valence-electron chi connectivity index (χ3n) is 2.69. The molecule has 0 radical (unpaired) electrons. The number of hydrogen-bond acceptors (Lipinski definition) is 2. The molecule has 0 atom stereocenters. The lowest BCUT2D eigenvalue weighted by molar-refractivity contribution is 0.254. The lowest BCUT2D eigenvalue weighted by Crippen LogP contribution is -2.08. The Labute approximate surface area is 120 Å². The van der Waals surface area contributed by atoms with Gasteiger partial charge in [-0.25, -0.2) is 13.2 Å². The van der Waals surface area contributed by atoms with E-state index in [4.69, 9.17) is 17.3 Å². The van der Waals surface area contributed by atoms with Crippen LogP contribution in [0.1, 0.15) is 5.56 Å². The van der Waals surface area contributed by atoms with E-state index >= 15 is 0 Å². The predicted molar refractivity (Wildman–Crippen MR) is 66.4 cm³/mol. The number of nitrogen functional groups attached to an aromatic ring is 1. The van der Waals surface area contributed by atoms with Crippen LogP contribution in [-0.4, -0.2) is 0 Å². The fourth-order valence-electron chi connectivity index (χ4n) is 1.58. The topological polar surface area (TPSA) is 35.2 Å². The van der Waals surface area contributed by atoms with Crippen LogP contribution in [0.5, 0.6) is 5.75 Å². The number of halogens is 6. The third kappa shape index (κ3) is 2.73. The summed E-state index contributed by atoms with van der Waals surface area (Å²) in [6.45, 7) is -0.552. The summed E-state index contributed by atoms with van der Waals surface area (Å²) < 4.78 is 70.3. The number of benzene rings is 2. The van der Waals surface area contributed by atoms with Crippen molar-refractivity contribution in [3.63, 3.8) is 0 Å². The molecule has 2 aromatic carbocycles. The van der Waals surface area contributed by atoms with Gasteiger partial charge in [0.15, 0.2) is 5.75 Å². The fourth-order valence-corrected chi connectivity index (χ4v) is 1.82. The molecule has 2 nitrogen and oxygen atoms in total. The zero-order valence-electron chi connectivity index (χ0n) is 10.2. The second-order valence-corrected chi connectivity index (χ2v) is 4.40. The Balaban J connectivity index is 2.37. The molecule has 0 saturated heterocycles. The zero-order chi connectivity index (χ0) is 15.7. The average Bonchev–Trinajstić information content (AvgIpc) is 2.45. The Morgan fingerprint density at radius 1 is 0.905 bits per heavy atom. The number of anilines is 1. The van der Waals surface area contributed by atoms with Crippen molar-refractivity contribution >= 4 is 17.3 Å². The standard InChI is InChI=1S/C13H7ClF5NO/c14-6-2-1-3-7(20)5(6)4-21-13-11(18)9(16)8(15)10(17)12(13)19/h1-3H,4,20H2. The predicted octanol–water partition coefficient (Wildman–Crippen LogP) is 4.20. The summed E-state index contributed by atoms with van der Waals surface area (Å²) in [5.74, 6) is -11.9. The van der Waals surface area contributed by atoms with Crippen LogP contribution in [0.4, 0.5) is 27.6 Å². The molecule has 0 aliphatic heterocycles. The van der Waals surface area contributed by atoms with Gasteiger partial charge in [0.05, 0.1) is 0 Å². The SMILES string of the molecule is Nc1cccc(Cl)c1COc1c(F)c(F)c(F)c(F)c1F. The molecule has 21 heavy (non-hydrogen) atoms. The molecule has 0 unspecified atom stereocenters. The van der Waals surface area contributed by atoms with Crippen LogP contribution in [0.3, 0.4) is 0 Å². The minimum atomic E-state index is -2.25. The van der Waals surface area contributed by atoms with Crippen molar-refractivity contribution in [1.82, 2.24) is 0 Å². The van der Waals surface area contributed by atoms with Gasteiger partial charge in [0.25, 0.3) is 0 Å². The van der Waals surface area contributed by atoms with Gasteiger partial charge in [-0.15, -0.1) is 0 Å². The first-order chi connectivity index (χ1) is 9.84. The molecule has 2 N–H and O–H groups in total. The average molecular weight is 324 g/mol. The van der Waals surface area contributed by atoms with Crippen molar-refractivity contribution in [3.8, 4) is 5.75 Å². The summed E-state index contributed by atoms with van der Waals surface area (Å²) in [5.41, 5.74) is 5.91. The Morgan fingerprint density at radius 3 is 1.95 bits per heavy atom. The maximum atomic E-state index is 13.4.